The first-order valence-corrected chi connectivity index (χ1v) is 6.66. The van der Waals surface area contributed by atoms with Crippen LogP contribution in [-0.4, -0.2) is 42.8 Å². The number of carboxylic acids is 1. The summed E-state index contributed by atoms with van der Waals surface area (Å²) in [6.07, 6.45) is 0.277. The summed E-state index contributed by atoms with van der Waals surface area (Å²) < 4.78 is 10.1. The van der Waals surface area contributed by atoms with Gasteiger partial charge in [-0.15, -0.1) is 11.3 Å². The average molecular weight is 285 g/mol. The van der Waals surface area contributed by atoms with Gasteiger partial charge in [0.05, 0.1) is 18.1 Å². The van der Waals surface area contributed by atoms with Crippen LogP contribution in [0.15, 0.2) is 11.4 Å². The van der Waals surface area contributed by atoms with Crippen LogP contribution in [0.25, 0.3) is 0 Å². The molecular formula is C12H15NO5S. The molecule has 1 unspecified atom stereocenters. The number of hydrogen-bond acceptors (Lipinski definition) is 5. The van der Waals surface area contributed by atoms with Crippen LogP contribution in [0.1, 0.15) is 21.7 Å². The van der Waals surface area contributed by atoms with Crippen molar-refractivity contribution in [1.82, 2.24) is 5.32 Å². The number of carboxylic acid groups (broad SMARTS) is 1. The molecule has 19 heavy (non-hydrogen) atoms. The minimum atomic E-state index is -1.31. The Hall–Kier alpha value is -1.44. The smallest absolute Gasteiger partial charge is 0.331 e. The first-order chi connectivity index (χ1) is 9.09. The van der Waals surface area contributed by atoms with Gasteiger partial charge in [-0.1, -0.05) is 0 Å². The van der Waals surface area contributed by atoms with Gasteiger partial charge in [0.15, 0.2) is 5.54 Å². The van der Waals surface area contributed by atoms with Crippen molar-refractivity contribution in [2.45, 2.75) is 18.6 Å². The molecule has 1 aliphatic rings. The number of aliphatic carboxylic acids is 1. The molecule has 7 heteroatoms. The molecule has 2 N–H and O–H groups in total. The Labute approximate surface area is 114 Å². The molecular weight excluding hydrogens is 270 g/mol. The zero-order valence-electron chi connectivity index (χ0n) is 10.5. The largest absolute Gasteiger partial charge is 0.479 e. The Morgan fingerprint density at radius 2 is 2.42 bits per heavy atom. The number of ether oxygens (including phenoxy) is 2. The monoisotopic (exact) mass is 285 g/mol. The van der Waals surface area contributed by atoms with Crippen molar-refractivity contribution in [2.24, 2.45) is 0 Å². The number of amides is 1. The summed E-state index contributed by atoms with van der Waals surface area (Å²) >= 11 is 1.27. The Balaban J connectivity index is 2.15. The van der Waals surface area contributed by atoms with Gasteiger partial charge in [-0.25, -0.2) is 4.79 Å². The SMILES string of the molecule is COCc1ccsc1C(=O)NC1(C(=O)O)CCOC1. The van der Waals surface area contributed by atoms with Crippen LogP contribution < -0.4 is 5.32 Å². The van der Waals surface area contributed by atoms with E-state index < -0.39 is 17.4 Å². The van der Waals surface area contributed by atoms with Crippen molar-refractivity contribution in [3.8, 4) is 0 Å². The summed E-state index contributed by atoms with van der Waals surface area (Å²) in [4.78, 5) is 24.0. The lowest BCUT2D eigenvalue weighted by molar-refractivity contribution is -0.144. The zero-order chi connectivity index (χ0) is 13.9. The fourth-order valence-electron chi connectivity index (χ4n) is 1.96. The molecule has 1 aliphatic heterocycles. The van der Waals surface area contributed by atoms with Crippen molar-refractivity contribution in [1.29, 1.82) is 0 Å². The van der Waals surface area contributed by atoms with Crippen LogP contribution >= 0.6 is 11.3 Å². The first kappa shape index (κ1) is 14.0. The summed E-state index contributed by atoms with van der Waals surface area (Å²) in [7, 11) is 1.54. The van der Waals surface area contributed by atoms with E-state index in [-0.39, 0.29) is 13.0 Å². The predicted molar refractivity (Wildman–Crippen MR) is 68.3 cm³/mol. The third-order valence-corrected chi connectivity index (χ3v) is 3.99. The van der Waals surface area contributed by atoms with Crippen molar-refractivity contribution in [3.63, 3.8) is 0 Å². The summed E-state index contributed by atoms with van der Waals surface area (Å²) in [5.74, 6) is -1.46. The average Bonchev–Trinajstić information content (AvgIpc) is 2.99. The summed E-state index contributed by atoms with van der Waals surface area (Å²) in [6, 6.07) is 1.79. The molecule has 0 aliphatic carbocycles. The van der Waals surface area contributed by atoms with Crippen LogP contribution in [-0.2, 0) is 20.9 Å². The lowest BCUT2D eigenvalue weighted by atomic mass is 9.99. The Morgan fingerprint density at radius 1 is 1.63 bits per heavy atom. The number of rotatable bonds is 5. The second kappa shape index (κ2) is 5.68. The van der Waals surface area contributed by atoms with Gasteiger partial charge in [0.1, 0.15) is 0 Å². The second-order valence-electron chi connectivity index (χ2n) is 4.35. The maximum atomic E-state index is 12.2. The molecule has 0 saturated carbocycles. The fraction of sp³-hybridized carbons (Fsp3) is 0.500. The highest BCUT2D eigenvalue weighted by Gasteiger charge is 2.44. The zero-order valence-corrected chi connectivity index (χ0v) is 11.3. The molecule has 0 radical (unpaired) electrons. The van der Waals surface area contributed by atoms with Gasteiger partial charge in [0.2, 0.25) is 0 Å². The van der Waals surface area contributed by atoms with Gasteiger partial charge >= 0.3 is 5.97 Å². The van der Waals surface area contributed by atoms with Gasteiger partial charge < -0.3 is 19.9 Å². The molecule has 0 bridgehead atoms. The molecule has 2 rings (SSSR count). The van der Waals surface area contributed by atoms with Crippen molar-refractivity contribution in [2.75, 3.05) is 20.3 Å². The second-order valence-corrected chi connectivity index (χ2v) is 5.27. The molecule has 6 nitrogen and oxygen atoms in total. The summed E-state index contributed by atoms with van der Waals surface area (Å²) in [5, 5.41) is 13.6. The number of carbonyl (C=O) groups is 2. The van der Waals surface area contributed by atoms with E-state index >= 15 is 0 Å². The standard InChI is InChI=1S/C12H15NO5S/c1-17-6-8-2-5-19-9(8)10(14)13-12(11(15)16)3-4-18-7-12/h2,5H,3-4,6-7H2,1H3,(H,13,14)(H,15,16). The molecule has 0 spiro atoms. The summed E-state index contributed by atoms with van der Waals surface area (Å²) in [5.41, 5.74) is -0.560. The Morgan fingerprint density at radius 3 is 3.00 bits per heavy atom. The van der Waals surface area contributed by atoms with E-state index in [4.69, 9.17) is 9.47 Å². The van der Waals surface area contributed by atoms with E-state index in [2.05, 4.69) is 5.32 Å². The fourth-order valence-corrected chi connectivity index (χ4v) is 2.77. The lowest BCUT2D eigenvalue weighted by Crippen LogP contribution is -2.55. The molecule has 1 aromatic rings. The number of hydrogen-bond donors (Lipinski definition) is 2. The van der Waals surface area contributed by atoms with E-state index in [1.165, 1.54) is 11.3 Å². The molecule has 1 saturated heterocycles. The quantitative estimate of drug-likeness (QED) is 0.838. The minimum Gasteiger partial charge on any atom is -0.479 e. The molecule has 0 aromatic carbocycles. The number of nitrogens with one attached hydrogen (secondary N) is 1. The van der Waals surface area contributed by atoms with E-state index in [1.54, 1.807) is 18.6 Å². The minimum absolute atomic E-state index is 0.000933. The van der Waals surface area contributed by atoms with Gasteiger partial charge in [0.25, 0.3) is 5.91 Å². The van der Waals surface area contributed by atoms with Crippen LogP contribution in [0.5, 0.6) is 0 Å². The normalized spacial score (nSPS) is 22.4. The summed E-state index contributed by atoms with van der Waals surface area (Å²) in [6.45, 7) is 0.657. The van der Waals surface area contributed by atoms with Crippen molar-refractivity contribution < 1.29 is 24.2 Å². The highest BCUT2D eigenvalue weighted by molar-refractivity contribution is 7.12. The van der Waals surface area contributed by atoms with E-state index in [0.717, 1.165) is 5.56 Å². The molecule has 104 valence electrons. The predicted octanol–water partition coefficient (Wildman–Crippen LogP) is 0.868. The van der Waals surface area contributed by atoms with E-state index in [1.807, 2.05) is 0 Å². The molecule has 1 aromatic heterocycles. The Kier molecular flexibility index (Phi) is 4.18. The number of methoxy groups -OCH3 is 1. The maximum absolute atomic E-state index is 12.2. The molecule has 1 amide bonds. The van der Waals surface area contributed by atoms with Crippen LogP contribution in [0.3, 0.4) is 0 Å². The highest BCUT2D eigenvalue weighted by Crippen LogP contribution is 2.23. The maximum Gasteiger partial charge on any atom is 0.331 e. The third kappa shape index (κ3) is 2.78. The molecule has 1 fully saturated rings. The molecule has 1 atom stereocenters. The first-order valence-electron chi connectivity index (χ1n) is 5.78. The number of thiophene rings is 1. The third-order valence-electron chi connectivity index (χ3n) is 3.04. The van der Waals surface area contributed by atoms with Crippen LogP contribution in [0, 0.1) is 0 Å². The molecule has 2 heterocycles. The van der Waals surface area contributed by atoms with Gasteiger partial charge in [-0.3, -0.25) is 4.79 Å². The van der Waals surface area contributed by atoms with E-state index in [9.17, 15) is 14.7 Å². The lowest BCUT2D eigenvalue weighted by Gasteiger charge is -2.23. The van der Waals surface area contributed by atoms with Crippen molar-refractivity contribution >= 4 is 23.2 Å². The van der Waals surface area contributed by atoms with E-state index in [0.29, 0.717) is 18.1 Å². The van der Waals surface area contributed by atoms with Crippen molar-refractivity contribution in [3.05, 3.63) is 21.9 Å². The number of carbonyl (C=O) groups excluding carboxylic acids is 1. The van der Waals surface area contributed by atoms with Gasteiger partial charge in [-0.2, -0.15) is 0 Å². The topological polar surface area (TPSA) is 84.9 Å². The highest BCUT2D eigenvalue weighted by atomic mass is 32.1. The Bertz CT molecular complexity index is 478. The van der Waals surface area contributed by atoms with Crippen LogP contribution in [0.4, 0.5) is 0 Å². The van der Waals surface area contributed by atoms with Crippen LogP contribution in [0.2, 0.25) is 0 Å². The van der Waals surface area contributed by atoms with Gasteiger partial charge in [-0.05, 0) is 11.4 Å². The van der Waals surface area contributed by atoms with Gasteiger partial charge in [0, 0.05) is 25.7 Å².